The molecule has 0 unspecified atom stereocenters. The summed E-state index contributed by atoms with van der Waals surface area (Å²) in [5.41, 5.74) is 9.17. The minimum atomic E-state index is -0.141. The van der Waals surface area contributed by atoms with Gasteiger partial charge >= 0.3 is 0 Å². The SMILES string of the molecule is CCc1ccc(CNC(=O)c2ccccc2N)cc1. The van der Waals surface area contributed by atoms with E-state index in [1.807, 2.05) is 18.2 Å². The Balaban J connectivity index is 1.98. The zero-order valence-corrected chi connectivity index (χ0v) is 11.0. The fraction of sp³-hybridized carbons (Fsp3) is 0.188. The standard InChI is InChI=1S/C16H18N2O/c1-2-12-7-9-13(10-8-12)11-18-16(19)14-5-3-4-6-15(14)17/h3-10H,2,11,17H2,1H3,(H,18,19). The van der Waals surface area contributed by atoms with Gasteiger partial charge in [0.25, 0.3) is 5.91 Å². The third-order valence-electron chi connectivity index (χ3n) is 3.09. The number of para-hydroxylation sites is 1. The van der Waals surface area contributed by atoms with Crippen molar-refractivity contribution in [3.63, 3.8) is 0 Å². The molecule has 0 saturated heterocycles. The van der Waals surface area contributed by atoms with E-state index in [4.69, 9.17) is 5.73 Å². The highest BCUT2D eigenvalue weighted by Crippen LogP contribution is 2.10. The van der Waals surface area contributed by atoms with Crippen LogP contribution in [0.3, 0.4) is 0 Å². The summed E-state index contributed by atoms with van der Waals surface area (Å²) in [5, 5.41) is 2.87. The van der Waals surface area contributed by atoms with Crippen LogP contribution in [-0.2, 0) is 13.0 Å². The van der Waals surface area contributed by atoms with Crippen LogP contribution < -0.4 is 11.1 Å². The quantitative estimate of drug-likeness (QED) is 0.824. The molecule has 0 atom stereocenters. The molecule has 0 bridgehead atoms. The van der Waals surface area contributed by atoms with E-state index in [0.29, 0.717) is 17.8 Å². The number of benzene rings is 2. The lowest BCUT2D eigenvalue weighted by molar-refractivity contribution is 0.0952. The van der Waals surface area contributed by atoms with Gasteiger partial charge in [0.15, 0.2) is 0 Å². The molecule has 0 radical (unpaired) electrons. The molecule has 2 rings (SSSR count). The van der Waals surface area contributed by atoms with Gasteiger partial charge in [-0.25, -0.2) is 0 Å². The number of amides is 1. The maximum atomic E-state index is 12.0. The largest absolute Gasteiger partial charge is 0.398 e. The number of anilines is 1. The summed E-state index contributed by atoms with van der Waals surface area (Å²) in [6, 6.07) is 15.3. The minimum Gasteiger partial charge on any atom is -0.398 e. The summed E-state index contributed by atoms with van der Waals surface area (Å²) in [6.07, 6.45) is 1.02. The fourth-order valence-electron chi connectivity index (χ4n) is 1.87. The zero-order valence-electron chi connectivity index (χ0n) is 11.0. The number of hydrogen-bond acceptors (Lipinski definition) is 2. The summed E-state index contributed by atoms with van der Waals surface area (Å²) in [6.45, 7) is 2.63. The van der Waals surface area contributed by atoms with Crippen molar-refractivity contribution in [3.8, 4) is 0 Å². The van der Waals surface area contributed by atoms with E-state index in [9.17, 15) is 4.79 Å². The maximum Gasteiger partial charge on any atom is 0.253 e. The smallest absolute Gasteiger partial charge is 0.253 e. The molecule has 3 nitrogen and oxygen atoms in total. The maximum absolute atomic E-state index is 12.0. The molecule has 19 heavy (non-hydrogen) atoms. The number of nitrogen functional groups attached to an aromatic ring is 1. The zero-order chi connectivity index (χ0) is 13.7. The van der Waals surface area contributed by atoms with Crippen molar-refractivity contribution in [2.45, 2.75) is 19.9 Å². The molecule has 0 aliphatic rings. The molecule has 3 heteroatoms. The molecular weight excluding hydrogens is 236 g/mol. The molecule has 1 amide bonds. The number of carbonyl (C=O) groups is 1. The Kier molecular flexibility index (Phi) is 4.18. The topological polar surface area (TPSA) is 55.1 Å². The number of nitrogens with one attached hydrogen (secondary N) is 1. The monoisotopic (exact) mass is 254 g/mol. The Morgan fingerprint density at radius 3 is 2.32 bits per heavy atom. The summed E-state index contributed by atoms with van der Waals surface area (Å²) in [7, 11) is 0. The first-order valence-electron chi connectivity index (χ1n) is 6.41. The lowest BCUT2D eigenvalue weighted by Gasteiger charge is -2.08. The van der Waals surface area contributed by atoms with Crippen LogP contribution in [0.5, 0.6) is 0 Å². The van der Waals surface area contributed by atoms with Gasteiger partial charge in [-0.3, -0.25) is 4.79 Å². The molecule has 0 fully saturated rings. The highest BCUT2D eigenvalue weighted by Gasteiger charge is 2.07. The molecule has 3 N–H and O–H groups in total. The third-order valence-corrected chi connectivity index (χ3v) is 3.09. The highest BCUT2D eigenvalue weighted by atomic mass is 16.1. The first-order chi connectivity index (χ1) is 9.20. The molecule has 98 valence electrons. The molecule has 0 saturated carbocycles. The summed E-state index contributed by atoms with van der Waals surface area (Å²) in [4.78, 5) is 12.0. The van der Waals surface area contributed by atoms with Crippen molar-refractivity contribution >= 4 is 11.6 Å². The van der Waals surface area contributed by atoms with Gasteiger partial charge in [0.1, 0.15) is 0 Å². The fourth-order valence-corrected chi connectivity index (χ4v) is 1.87. The molecule has 0 aromatic heterocycles. The number of hydrogen-bond donors (Lipinski definition) is 2. The van der Waals surface area contributed by atoms with Crippen molar-refractivity contribution in [1.82, 2.24) is 5.32 Å². The first-order valence-corrected chi connectivity index (χ1v) is 6.41. The van der Waals surface area contributed by atoms with Crippen LogP contribution in [0.2, 0.25) is 0 Å². The second-order valence-corrected chi connectivity index (χ2v) is 4.44. The molecular formula is C16H18N2O. The van der Waals surface area contributed by atoms with E-state index in [1.165, 1.54) is 5.56 Å². The average Bonchev–Trinajstić information content (AvgIpc) is 2.46. The van der Waals surface area contributed by atoms with Gasteiger partial charge in [-0.05, 0) is 29.7 Å². The van der Waals surface area contributed by atoms with Crippen LogP contribution in [0.15, 0.2) is 48.5 Å². The first kappa shape index (κ1) is 13.1. The lowest BCUT2D eigenvalue weighted by Crippen LogP contribution is -2.23. The Morgan fingerprint density at radius 1 is 1.05 bits per heavy atom. The van der Waals surface area contributed by atoms with Gasteiger partial charge < -0.3 is 11.1 Å². The normalized spacial score (nSPS) is 10.2. The Bertz CT molecular complexity index is 561. The lowest BCUT2D eigenvalue weighted by atomic mass is 10.1. The number of carbonyl (C=O) groups excluding carboxylic acids is 1. The van der Waals surface area contributed by atoms with Crippen molar-refractivity contribution in [2.75, 3.05) is 5.73 Å². The van der Waals surface area contributed by atoms with E-state index >= 15 is 0 Å². The second-order valence-electron chi connectivity index (χ2n) is 4.44. The Labute approximate surface area is 113 Å². The Hall–Kier alpha value is -2.29. The van der Waals surface area contributed by atoms with Crippen molar-refractivity contribution in [2.24, 2.45) is 0 Å². The van der Waals surface area contributed by atoms with Crippen molar-refractivity contribution in [3.05, 3.63) is 65.2 Å². The van der Waals surface area contributed by atoms with E-state index < -0.39 is 0 Å². The van der Waals surface area contributed by atoms with Crippen molar-refractivity contribution in [1.29, 1.82) is 0 Å². The van der Waals surface area contributed by atoms with Crippen LogP contribution in [-0.4, -0.2) is 5.91 Å². The molecule has 0 heterocycles. The molecule has 2 aromatic rings. The van der Waals surface area contributed by atoms with Crippen LogP contribution in [0.25, 0.3) is 0 Å². The predicted molar refractivity (Wildman–Crippen MR) is 77.8 cm³/mol. The number of nitrogens with two attached hydrogens (primary N) is 1. The summed E-state index contributed by atoms with van der Waals surface area (Å²) >= 11 is 0. The molecule has 2 aromatic carbocycles. The average molecular weight is 254 g/mol. The number of aryl methyl sites for hydroxylation is 1. The molecule has 0 aliphatic heterocycles. The second kappa shape index (κ2) is 6.05. The summed E-state index contributed by atoms with van der Waals surface area (Å²) < 4.78 is 0. The molecule has 0 aliphatic carbocycles. The van der Waals surface area contributed by atoms with Gasteiger partial charge in [-0.15, -0.1) is 0 Å². The molecule has 0 spiro atoms. The van der Waals surface area contributed by atoms with E-state index in [1.54, 1.807) is 18.2 Å². The van der Waals surface area contributed by atoms with Gasteiger partial charge in [-0.2, -0.15) is 0 Å². The Morgan fingerprint density at radius 2 is 1.68 bits per heavy atom. The van der Waals surface area contributed by atoms with E-state index in [0.717, 1.165) is 12.0 Å². The van der Waals surface area contributed by atoms with Crippen molar-refractivity contribution < 1.29 is 4.79 Å². The van der Waals surface area contributed by atoms with Gasteiger partial charge in [0, 0.05) is 12.2 Å². The van der Waals surface area contributed by atoms with Crippen LogP contribution in [0.4, 0.5) is 5.69 Å². The highest BCUT2D eigenvalue weighted by molar-refractivity contribution is 5.98. The van der Waals surface area contributed by atoms with E-state index in [2.05, 4.69) is 24.4 Å². The predicted octanol–water partition coefficient (Wildman–Crippen LogP) is 2.76. The van der Waals surface area contributed by atoms with E-state index in [-0.39, 0.29) is 5.91 Å². The minimum absolute atomic E-state index is 0.141. The van der Waals surface area contributed by atoms with Crippen LogP contribution in [0.1, 0.15) is 28.4 Å². The summed E-state index contributed by atoms with van der Waals surface area (Å²) in [5.74, 6) is -0.141. The van der Waals surface area contributed by atoms with Gasteiger partial charge in [0.2, 0.25) is 0 Å². The number of rotatable bonds is 4. The van der Waals surface area contributed by atoms with Gasteiger partial charge in [0.05, 0.1) is 5.56 Å². The van der Waals surface area contributed by atoms with Crippen LogP contribution >= 0.6 is 0 Å². The van der Waals surface area contributed by atoms with Gasteiger partial charge in [-0.1, -0.05) is 43.3 Å². The third kappa shape index (κ3) is 3.35. The van der Waals surface area contributed by atoms with Crippen LogP contribution in [0, 0.1) is 0 Å².